The molecule has 1 aromatic carbocycles. The number of hydrogen-bond donors (Lipinski definition) is 2. The summed E-state index contributed by atoms with van der Waals surface area (Å²) in [5, 5.41) is 0. The van der Waals surface area contributed by atoms with Crippen molar-refractivity contribution in [3.63, 3.8) is 0 Å². The largest absolute Gasteiger partial charge is 0.416 e. The van der Waals surface area contributed by atoms with Gasteiger partial charge in [0.1, 0.15) is 0 Å². The molecule has 3 N–H and O–H groups in total. The summed E-state index contributed by atoms with van der Waals surface area (Å²) in [4.78, 5) is 0. The third-order valence-electron chi connectivity index (χ3n) is 3.30. The number of hydrazine groups is 1. The minimum absolute atomic E-state index is 0.301. The van der Waals surface area contributed by atoms with Crippen molar-refractivity contribution in [1.82, 2.24) is 5.43 Å². The van der Waals surface area contributed by atoms with Crippen LogP contribution in [0.25, 0.3) is 0 Å². The first kappa shape index (κ1) is 18.2. The van der Waals surface area contributed by atoms with Crippen LogP contribution in [0.2, 0.25) is 0 Å². The zero-order valence-corrected chi connectivity index (χ0v) is 13.3. The van der Waals surface area contributed by atoms with Gasteiger partial charge < -0.3 is 0 Å². The Labute approximate surface area is 131 Å². The second-order valence-electron chi connectivity index (χ2n) is 4.88. The van der Waals surface area contributed by atoms with Crippen LogP contribution in [0.15, 0.2) is 35.3 Å². The Morgan fingerprint density at radius 2 is 2.00 bits per heavy atom. The standard InChI is InChI=1S/C15H20BrF3N2/c1-2-3-4-5-6-7-14(21-20)12-10-11(15(17,18)19)8-9-13(12)16/h2,8-10,14,21H,1,3-7,20H2. The Balaban J connectivity index is 2.77. The highest BCUT2D eigenvalue weighted by Crippen LogP contribution is 2.35. The van der Waals surface area contributed by atoms with Gasteiger partial charge in [-0.3, -0.25) is 11.3 Å². The van der Waals surface area contributed by atoms with Gasteiger partial charge in [0, 0.05) is 10.5 Å². The predicted molar refractivity (Wildman–Crippen MR) is 82.5 cm³/mol. The number of halogens is 4. The van der Waals surface area contributed by atoms with Crippen LogP contribution < -0.4 is 11.3 Å². The van der Waals surface area contributed by atoms with Gasteiger partial charge in [-0.05, 0) is 43.0 Å². The van der Waals surface area contributed by atoms with Crippen molar-refractivity contribution < 1.29 is 13.2 Å². The zero-order chi connectivity index (χ0) is 15.9. The molecule has 1 aromatic rings. The van der Waals surface area contributed by atoms with E-state index < -0.39 is 11.7 Å². The summed E-state index contributed by atoms with van der Waals surface area (Å²) in [6.45, 7) is 3.66. The molecule has 0 aliphatic carbocycles. The molecule has 1 rings (SSSR count). The fourth-order valence-corrected chi connectivity index (χ4v) is 2.65. The summed E-state index contributed by atoms with van der Waals surface area (Å²) in [6, 6.07) is 3.33. The fraction of sp³-hybridized carbons (Fsp3) is 0.467. The Kier molecular flexibility index (Phi) is 7.42. The van der Waals surface area contributed by atoms with Crippen molar-refractivity contribution in [1.29, 1.82) is 0 Å². The molecule has 0 saturated carbocycles. The van der Waals surface area contributed by atoms with Gasteiger partial charge in [0.25, 0.3) is 0 Å². The molecule has 0 saturated heterocycles. The lowest BCUT2D eigenvalue weighted by atomic mass is 9.98. The lowest BCUT2D eigenvalue weighted by molar-refractivity contribution is -0.137. The maximum atomic E-state index is 12.8. The number of unbranched alkanes of at least 4 members (excludes halogenated alkanes) is 3. The summed E-state index contributed by atoms with van der Waals surface area (Å²) >= 11 is 3.30. The SMILES string of the molecule is C=CCCCCCC(NN)c1cc(C(F)(F)F)ccc1Br. The van der Waals surface area contributed by atoms with E-state index in [9.17, 15) is 13.2 Å². The molecule has 1 atom stereocenters. The second kappa shape index (κ2) is 8.56. The molecule has 0 radical (unpaired) electrons. The number of nitrogens with one attached hydrogen (secondary N) is 1. The van der Waals surface area contributed by atoms with E-state index in [0.717, 1.165) is 37.8 Å². The predicted octanol–water partition coefficient (Wildman–Crippen LogP) is 5.11. The first-order valence-corrected chi connectivity index (χ1v) is 7.63. The van der Waals surface area contributed by atoms with E-state index in [1.165, 1.54) is 6.07 Å². The molecule has 0 aromatic heterocycles. The Morgan fingerprint density at radius 1 is 1.29 bits per heavy atom. The van der Waals surface area contributed by atoms with Gasteiger partial charge in [0.15, 0.2) is 0 Å². The second-order valence-corrected chi connectivity index (χ2v) is 5.73. The number of nitrogens with two attached hydrogens (primary N) is 1. The number of benzene rings is 1. The number of alkyl halides is 3. The minimum Gasteiger partial charge on any atom is -0.271 e. The molecule has 0 aliphatic heterocycles. The van der Waals surface area contributed by atoms with Crippen LogP contribution in [0.5, 0.6) is 0 Å². The fourth-order valence-electron chi connectivity index (χ4n) is 2.13. The average Bonchev–Trinajstić information content (AvgIpc) is 2.43. The number of allylic oxidation sites excluding steroid dienone is 1. The third-order valence-corrected chi connectivity index (χ3v) is 4.02. The summed E-state index contributed by atoms with van der Waals surface area (Å²) < 4.78 is 39.0. The molecule has 0 fully saturated rings. The first-order chi connectivity index (χ1) is 9.90. The summed E-state index contributed by atoms with van der Waals surface area (Å²) in [5.74, 6) is 5.51. The van der Waals surface area contributed by atoms with Crippen LogP contribution in [0.3, 0.4) is 0 Å². The molecule has 0 aliphatic rings. The van der Waals surface area contributed by atoms with Crippen LogP contribution in [-0.4, -0.2) is 0 Å². The van der Waals surface area contributed by atoms with Gasteiger partial charge in [-0.2, -0.15) is 13.2 Å². The molecule has 0 spiro atoms. The van der Waals surface area contributed by atoms with Crippen LogP contribution >= 0.6 is 15.9 Å². The van der Waals surface area contributed by atoms with Gasteiger partial charge >= 0.3 is 6.18 Å². The molecular formula is C15H20BrF3N2. The lowest BCUT2D eigenvalue weighted by Gasteiger charge is -2.19. The number of hydrogen-bond acceptors (Lipinski definition) is 2. The summed E-state index contributed by atoms with van der Waals surface area (Å²) in [6.07, 6.45) is 2.08. The van der Waals surface area contributed by atoms with Crippen LogP contribution in [0.1, 0.15) is 49.3 Å². The van der Waals surface area contributed by atoms with Crippen molar-refractivity contribution in [2.75, 3.05) is 0 Å². The quantitative estimate of drug-likeness (QED) is 0.291. The third kappa shape index (κ3) is 5.80. The smallest absolute Gasteiger partial charge is 0.271 e. The highest BCUT2D eigenvalue weighted by Gasteiger charge is 2.31. The molecule has 0 bridgehead atoms. The average molecular weight is 365 g/mol. The molecule has 2 nitrogen and oxygen atoms in total. The Bertz CT molecular complexity index is 461. The van der Waals surface area contributed by atoms with Gasteiger partial charge in [0.05, 0.1) is 5.56 Å². The molecule has 0 heterocycles. The maximum absolute atomic E-state index is 12.8. The van der Waals surface area contributed by atoms with Crippen LogP contribution in [0.4, 0.5) is 13.2 Å². The van der Waals surface area contributed by atoms with Gasteiger partial charge in [-0.25, -0.2) is 0 Å². The van der Waals surface area contributed by atoms with Crippen LogP contribution in [0, 0.1) is 0 Å². The van der Waals surface area contributed by atoms with E-state index in [0.29, 0.717) is 16.5 Å². The molecule has 118 valence electrons. The molecule has 0 amide bonds. The van der Waals surface area contributed by atoms with E-state index in [4.69, 9.17) is 5.84 Å². The van der Waals surface area contributed by atoms with Crippen molar-refractivity contribution in [3.05, 3.63) is 46.5 Å². The van der Waals surface area contributed by atoms with E-state index in [1.54, 1.807) is 0 Å². The molecular weight excluding hydrogens is 345 g/mol. The number of rotatable bonds is 8. The van der Waals surface area contributed by atoms with E-state index in [2.05, 4.69) is 27.9 Å². The van der Waals surface area contributed by atoms with Crippen molar-refractivity contribution in [2.24, 2.45) is 5.84 Å². The molecule has 1 unspecified atom stereocenters. The van der Waals surface area contributed by atoms with E-state index >= 15 is 0 Å². The van der Waals surface area contributed by atoms with Crippen molar-refractivity contribution >= 4 is 15.9 Å². The maximum Gasteiger partial charge on any atom is 0.416 e. The van der Waals surface area contributed by atoms with Gasteiger partial charge in [-0.1, -0.05) is 34.8 Å². The first-order valence-electron chi connectivity index (χ1n) is 6.83. The zero-order valence-electron chi connectivity index (χ0n) is 11.7. The highest BCUT2D eigenvalue weighted by atomic mass is 79.9. The van der Waals surface area contributed by atoms with Crippen molar-refractivity contribution in [2.45, 2.75) is 44.3 Å². The monoisotopic (exact) mass is 364 g/mol. The van der Waals surface area contributed by atoms with Crippen molar-refractivity contribution in [3.8, 4) is 0 Å². The summed E-state index contributed by atoms with van der Waals surface area (Å²) in [5.41, 5.74) is 2.49. The molecule has 6 heteroatoms. The normalized spacial score (nSPS) is 13.2. The van der Waals surface area contributed by atoms with E-state index in [-0.39, 0.29) is 6.04 Å². The lowest BCUT2D eigenvalue weighted by Crippen LogP contribution is -2.28. The highest BCUT2D eigenvalue weighted by molar-refractivity contribution is 9.10. The van der Waals surface area contributed by atoms with Gasteiger partial charge in [-0.15, -0.1) is 6.58 Å². The molecule has 21 heavy (non-hydrogen) atoms. The minimum atomic E-state index is -4.35. The Hall–Kier alpha value is -0.850. The van der Waals surface area contributed by atoms with Crippen LogP contribution in [-0.2, 0) is 6.18 Å². The van der Waals surface area contributed by atoms with Gasteiger partial charge in [0.2, 0.25) is 0 Å². The topological polar surface area (TPSA) is 38.0 Å². The summed E-state index contributed by atoms with van der Waals surface area (Å²) in [7, 11) is 0. The Morgan fingerprint density at radius 3 is 2.57 bits per heavy atom. The van der Waals surface area contributed by atoms with E-state index in [1.807, 2.05) is 6.08 Å².